The van der Waals surface area contributed by atoms with Crippen LogP contribution >= 0.6 is 0 Å². The average molecular weight is 378 g/mol. The van der Waals surface area contributed by atoms with E-state index in [1.807, 2.05) is 0 Å². The molecular formula is C15H17F3N2O6. The predicted octanol–water partition coefficient (Wildman–Crippen LogP) is 3.43. The molecule has 0 radical (unpaired) electrons. The Morgan fingerprint density at radius 1 is 1.38 bits per heavy atom. The first-order valence-electron chi connectivity index (χ1n) is 7.51. The topological polar surface area (TPSA) is 119 Å². The highest BCUT2D eigenvalue weighted by Gasteiger charge is 2.40. The Kier molecular flexibility index (Phi) is 6.93. The summed E-state index contributed by atoms with van der Waals surface area (Å²) >= 11 is 0. The number of nitrogens with zero attached hydrogens (tertiary/aromatic N) is 1. The highest BCUT2D eigenvalue weighted by Crippen LogP contribution is 2.35. The summed E-state index contributed by atoms with van der Waals surface area (Å²) in [6.45, 7) is 3.01. The second kappa shape index (κ2) is 8.50. The molecule has 1 aromatic carbocycles. The summed E-state index contributed by atoms with van der Waals surface area (Å²) < 4.78 is 42.7. The van der Waals surface area contributed by atoms with Crippen molar-refractivity contribution in [3.8, 4) is 5.75 Å². The van der Waals surface area contributed by atoms with E-state index in [0.717, 1.165) is 6.07 Å². The van der Waals surface area contributed by atoms with E-state index in [0.29, 0.717) is 6.42 Å². The van der Waals surface area contributed by atoms with Crippen LogP contribution in [0.4, 0.5) is 24.5 Å². The molecule has 0 spiro atoms. The lowest BCUT2D eigenvalue weighted by atomic mass is 10.1. The van der Waals surface area contributed by atoms with Crippen molar-refractivity contribution in [2.45, 2.75) is 45.4 Å². The molecule has 1 amide bonds. The number of carboxylic acids is 1. The summed E-state index contributed by atoms with van der Waals surface area (Å²) in [5.41, 5.74) is -1.34. The van der Waals surface area contributed by atoms with Gasteiger partial charge in [-0.3, -0.25) is 19.7 Å². The van der Waals surface area contributed by atoms with Gasteiger partial charge in [0.25, 0.3) is 5.69 Å². The quantitative estimate of drug-likeness (QED) is 0.528. The molecule has 0 saturated heterocycles. The number of carboxylic acid groups (broad SMARTS) is 1. The minimum absolute atomic E-state index is 0.000104. The molecule has 0 aliphatic rings. The Bertz CT molecular complexity index is 705. The molecule has 8 nitrogen and oxygen atoms in total. The van der Waals surface area contributed by atoms with Crippen LogP contribution in [-0.4, -0.2) is 34.2 Å². The maximum atomic E-state index is 12.4. The maximum Gasteiger partial charge on any atom is 0.471 e. The fourth-order valence-corrected chi connectivity index (χ4v) is 2.12. The van der Waals surface area contributed by atoms with E-state index >= 15 is 0 Å². The lowest BCUT2D eigenvalue weighted by Gasteiger charge is -2.18. The average Bonchev–Trinajstić information content (AvgIpc) is 2.51. The van der Waals surface area contributed by atoms with Gasteiger partial charge in [0.15, 0.2) is 0 Å². The van der Waals surface area contributed by atoms with Crippen molar-refractivity contribution in [2.75, 3.05) is 5.32 Å². The Labute approximate surface area is 146 Å². The smallest absolute Gasteiger partial charge is 0.471 e. The van der Waals surface area contributed by atoms with Crippen molar-refractivity contribution < 1.29 is 37.5 Å². The summed E-state index contributed by atoms with van der Waals surface area (Å²) in [7, 11) is 0. The van der Waals surface area contributed by atoms with E-state index in [1.165, 1.54) is 18.3 Å². The maximum absolute atomic E-state index is 12.4. The number of hydrogen-bond donors (Lipinski definition) is 2. The van der Waals surface area contributed by atoms with Gasteiger partial charge in [-0.1, -0.05) is 6.92 Å². The van der Waals surface area contributed by atoms with Gasteiger partial charge in [-0.05, 0) is 31.4 Å². The molecule has 0 heterocycles. The van der Waals surface area contributed by atoms with E-state index in [4.69, 9.17) is 9.84 Å². The first kappa shape index (κ1) is 21.2. The summed E-state index contributed by atoms with van der Waals surface area (Å²) in [5, 5.41) is 21.4. The van der Waals surface area contributed by atoms with E-state index in [-0.39, 0.29) is 24.2 Å². The minimum Gasteiger partial charge on any atom is -0.490 e. The first-order chi connectivity index (χ1) is 12.0. The highest BCUT2D eigenvalue weighted by atomic mass is 19.4. The first-order valence-corrected chi connectivity index (χ1v) is 7.51. The van der Waals surface area contributed by atoms with Gasteiger partial charge >= 0.3 is 18.1 Å². The van der Waals surface area contributed by atoms with Crippen molar-refractivity contribution in [2.24, 2.45) is 0 Å². The molecule has 26 heavy (non-hydrogen) atoms. The SMILES string of the molecule is CCC(CCC(=O)O)Oc1cc(C)c(NC(=O)C(F)(F)F)c([N+](=O)[O-])c1. The zero-order chi connectivity index (χ0) is 20.1. The third-order valence-electron chi connectivity index (χ3n) is 3.42. The fraction of sp³-hybridized carbons (Fsp3) is 0.467. The summed E-state index contributed by atoms with van der Waals surface area (Å²) in [6, 6.07) is 2.13. The van der Waals surface area contributed by atoms with Crippen molar-refractivity contribution >= 4 is 23.3 Å². The zero-order valence-electron chi connectivity index (χ0n) is 13.9. The Balaban J connectivity index is 3.13. The van der Waals surface area contributed by atoms with Crippen LogP contribution in [0.3, 0.4) is 0 Å². The van der Waals surface area contributed by atoms with Gasteiger partial charge in [-0.2, -0.15) is 13.2 Å². The zero-order valence-corrected chi connectivity index (χ0v) is 13.9. The molecule has 1 aromatic rings. The number of nitrogens with one attached hydrogen (secondary N) is 1. The van der Waals surface area contributed by atoms with Crippen LogP contribution in [0.2, 0.25) is 0 Å². The number of aliphatic carboxylic acids is 1. The van der Waals surface area contributed by atoms with Crippen molar-refractivity contribution in [1.29, 1.82) is 0 Å². The third-order valence-corrected chi connectivity index (χ3v) is 3.42. The van der Waals surface area contributed by atoms with Crippen LogP contribution in [0.25, 0.3) is 0 Å². The van der Waals surface area contributed by atoms with Crippen LogP contribution < -0.4 is 10.1 Å². The molecule has 1 rings (SSSR count). The molecule has 1 atom stereocenters. The van der Waals surface area contributed by atoms with Gasteiger partial charge in [0.1, 0.15) is 11.4 Å². The second-order valence-corrected chi connectivity index (χ2v) is 5.42. The van der Waals surface area contributed by atoms with E-state index in [2.05, 4.69) is 0 Å². The van der Waals surface area contributed by atoms with Gasteiger partial charge in [0, 0.05) is 6.42 Å². The van der Waals surface area contributed by atoms with Gasteiger partial charge in [0.05, 0.1) is 17.1 Å². The van der Waals surface area contributed by atoms with E-state index in [9.17, 15) is 32.9 Å². The molecule has 0 saturated carbocycles. The summed E-state index contributed by atoms with van der Waals surface area (Å²) in [5.74, 6) is -3.36. The number of amides is 1. The Morgan fingerprint density at radius 2 is 2.00 bits per heavy atom. The van der Waals surface area contributed by atoms with Crippen LogP contribution in [0.1, 0.15) is 31.7 Å². The van der Waals surface area contributed by atoms with Crippen LogP contribution in [-0.2, 0) is 9.59 Å². The number of carbonyl (C=O) groups excluding carboxylic acids is 1. The molecular weight excluding hydrogens is 361 g/mol. The molecule has 0 aliphatic carbocycles. The molecule has 1 unspecified atom stereocenters. The molecule has 0 aliphatic heterocycles. The molecule has 0 fully saturated rings. The molecule has 0 aromatic heterocycles. The number of nitro groups is 1. The standard InChI is InChI=1S/C15H17F3N2O6/c1-3-9(4-5-12(21)22)26-10-6-8(2)13(11(7-10)20(24)25)19-14(23)15(16,17)18/h6-7,9H,3-5H2,1-2H3,(H,19,23)(H,21,22). The normalized spacial score (nSPS) is 12.3. The predicted molar refractivity (Wildman–Crippen MR) is 84.1 cm³/mol. The van der Waals surface area contributed by atoms with Crippen LogP contribution in [0.5, 0.6) is 5.75 Å². The number of anilines is 1. The van der Waals surface area contributed by atoms with Crippen molar-refractivity contribution in [1.82, 2.24) is 0 Å². The molecule has 144 valence electrons. The highest BCUT2D eigenvalue weighted by molar-refractivity contribution is 5.97. The number of nitro benzene ring substituents is 1. The number of rotatable bonds is 8. The van der Waals surface area contributed by atoms with Gasteiger partial charge in [-0.25, -0.2) is 0 Å². The molecule has 2 N–H and O–H groups in total. The lowest BCUT2D eigenvalue weighted by Crippen LogP contribution is -2.30. The number of benzene rings is 1. The number of halogens is 3. The number of ether oxygens (including phenoxy) is 1. The fourth-order valence-electron chi connectivity index (χ4n) is 2.12. The molecule has 0 bridgehead atoms. The second-order valence-electron chi connectivity index (χ2n) is 5.42. The molecule has 11 heteroatoms. The third kappa shape index (κ3) is 5.90. The number of aryl methyl sites for hydroxylation is 1. The number of carbonyl (C=O) groups is 2. The van der Waals surface area contributed by atoms with Gasteiger partial charge in [-0.15, -0.1) is 0 Å². The summed E-state index contributed by atoms with van der Waals surface area (Å²) in [4.78, 5) is 31.9. The lowest BCUT2D eigenvalue weighted by molar-refractivity contribution is -0.384. The largest absolute Gasteiger partial charge is 0.490 e. The van der Waals surface area contributed by atoms with Gasteiger partial charge < -0.3 is 15.2 Å². The Morgan fingerprint density at radius 3 is 2.46 bits per heavy atom. The van der Waals surface area contributed by atoms with Crippen molar-refractivity contribution in [3.05, 3.63) is 27.8 Å². The van der Waals surface area contributed by atoms with Crippen molar-refractivity contribution in [3.63, 3.8) is 0 Å². The van der Waals surface area contributed by atoms with Gasteiger partial charge in [0.2, 0.25) is 0 Å². The summed E-state index contributed by atoms with van der Waals surface area (Å²) in [6.07, 6.45) is -5.32. The van der Waals surface area contributed by atoms with E-state index in [1.54, 1.807) is 6.92 Å². The van der Waals surface area contributed by atoms with Crippen LogP contribution in [0.15, 0.2) is 12.1 Å². The van der Waals surface area contributed by atoms with Crippen LogP contribution in [0, 0.1) is 17.0 Å². The van der Waals surface area contributed by atoms with E-state index < -0.39 is 40.5 Å². The Hall–Kier alpha value is -2.85. The monoisotopic (exact) mass is 378 g/mol. The number of alkyl halides is 3. The minimum atomic E-state index is -5.19. The number of hydrogen-bond acceptors (Lipinski definition) is 5.